The Morgan fingerprint density at radius 1 is 1.50 bits per heavy atom. The minimum absolute atomic E-state index is 0.917. The summed E-state index contributed by atoms with van der Waals surface area (Å²) in [5, 5.41) is 2.95. The monoisotopic (exact) mass is 187 g/mol. The molecule has 1 nitrogen and oxygen atoms in total. The van der Waals surface area contributed by atoms with Gasteiger partial charge in [0.15, 0.2) is 0 Å². The van der Waals surface area contributed by atoms with Gasteiger partial charge in [-0.1, -0.05) is 36.4 Å². The average molecular weight is 187 g/mol. The fourth-order valence-corrected chi connectivity index (χ4v) is 1.34. The van der Waals surface area contributed by atoms with E-state index in [-0.39, 0.29) is 0 Å². The highest BCUT2D eigenvalue weighted by atomic mass is 14.8. The second-order valence-corrected chi connectivity index (χ2v) is 3.45. The molecule has 0 aliphatic heterocycles. The van der Waals surface area contributed by atoms with Crippen molar-refractivity contribution in [3.63, 3.8) is 0 Å². The lowest BCUT2D eigenvalue weighted by atomic mass is 10.0. The maximum Gasteiger partial charge on any atom is 0.00277 e. The topological polar surface area (TPSA) is 12.0 Å². The van der Waals surface area contributed by atoms with E-state index in [1.807, 2.05) is 19.3 Å². The predicted molar refractivity (Wildman–Crippen MR) is 62.2 cm³/mol. The summed E-state index contributed by atoms with van der Waals surface area (Å²) in [4.78, 5) is 0. The van der Waals surface area contributed by atoms with Gasteiger partial charge in [-0.15, -0.1) is 0 Å². The zero-order chi connectivity index (χ0) is 10.4. The number of nitrogens with one attached hydrogen (secondary N) is 1. The first kappa shape index (κ1) is 10.6. The molecular weight excluding hydrogens is 170 g/mol. The Balaban J connectivity index is 2.60. The van der Waals surface area contributed by atoms with Gasteiger partial charge in [0.25, 0.3) is 0 Å². The van der Waals surface area contributed by atoms with Gasteiger partial charge in [0.2, 0.25) is 0 Å². The largest absolute Gasteiger partial charge is 0.394 e. The highest BCUT2D eigenvalue weighted by Gasteiger charge is 1.94. The number of aryl methyl sites for hydroxylation is 1. The van der Waals surface area contributed by atoms with Crippen molar-refractivity contribution in [3.8, 4) is 0 Å². The van der Waals surface area contributed by atoms with E-state index in [1.165, 1.54) is 11.1 Å². The van der Waals surface area contributed by atoms with Crippen LogP contribution in [0.25, 0.3) is 0 Å². The van der Waals surface area contributed by atoms with Gasteiger partial charge >= 0.3 is 0 Å². The van der Waals surface area contributed by atoms with Crippen molar-refractivity contribution in [1.82, 2.24) is 5.32 Å². The first-order valence-corrected chi connectivity index (χ1v) is 4.79. The normalized spacial score (nSPS) is 10.4. The molecule has 0 saturated heterocycles. The van der Waals surface area contributed by atoms with Crippen LogP contribution in [-0.4, -0.2) is 7.05 Å². The van der Waals surface area contributed by atoms with Crippen LogP contribution >= 0.6 is 0 Å². The summed E-state index contributed by atoms with van der Waals surface area (Å²) < 4.78 is 0. The Kier molecular flexibility index (Phi) is 3.99. The lowest BCUT2D eigenvalue weighted by molar-refractivity contribution is 1.09. The molecule has 1 aromatic carbocycles. The number of rotatable bonds is 4. The van der Waals surface area contributed by atoms with Crippen LogP contribution in [0.3, 0.4) is 0 Å². The SMILES string of the molecule is C=C(/C=C/NC)Cc1cccc(C)c1. The highest BCUT2D eigenvalue weighted by Crippen LogP contribution is 2.09. The molecule has 0 amide bonds. The van der Waals surface area contributed by atoms with Gasteiger partial charge in [-0.2, -0.15) is 0 Å². The molecule has 14 heavy (non-hydrogen) atoms. The zero-order valence-electron chi connectivity index (χ0n) is 8.88. The third-order valence-corrected chi connectivity index (χ3v) is 2.00. The van der Waals surface area contributed by atoms with Gasteiger partial charge in [-0.3, -0.25) is 0 Å². The number of allylic oxidation sites excluding steroid dienone is 2. The quantitative estimate of drug-likeness (QED) is 0.715. The van der Waals surface area contributed by atoms with Gasteiger partial charge in [-0.25, -0.2) is 0 Å². The minimum atomic E-state index is 0.917. The first-order chi connectivity index (χ1) is 6.72. The van der Waals surface area contributed by atoms with Gasteiger partial charge < -0.3 is 5.32 Å². The summed E-state index contributed by atoms with van der Waals surface area (Å²) in [5.41, 5.74) is 3.73. The van der Waals surface area contributed by atoms with E-state index in [4.69, 9.17) is 0 Å². The molecule has 0 spiro atoms. The van der Waals surface area contributed by atoms with Crippen LogP contribution in [0.4, 0.5) is 0 Å². The summed E-state index contributed by atoms with van der Waals surface area (Å²) in [6.07, 6.45) is 4.82. The average Bonchev–Trinajstić information content (AvgIpc) is 2.15. The molecule has 1 heteroatoms. The van der Waals surface area contributed by atoms with Crippen molar-refractivity contribution in [1.29, 1.82) is 0 Å². The van der Waals surface area contributed by atoms with Crippen LogP contribution in [0.5, 0.6) is 0 Å². The summed E-state index contributed by atoms with van der Waals surface area (Å²) in [6.45, 7) is 6.10. The highest BCUT2D eigenvalue weighted by molar-refractivity contribution is 5.29. The van der Waals surface area contributed by atoms with Crippen molar-refractivity contribution < 1.29 is 0 Å². The molecule has 74 valence electrons. The van der Waals surface area contributed by atoms with Crippen LogP contribution in [0, 0.1) is 6.92 Å². The minimum Gasteiger partial charge on any atom is -0.394 e. The number of hydrogen-bond donors (Lipinski definition) is 1. The molecule has 0 unspecified atom stereocenters. The van der Waals surface area contributed by atoms with E-state index in [0.717, 1.165) is 12.0 Å². The van der Waals surface area contributed by atoms with Crippen LogP contribution in [0.15, 0.2) is 48.7 Å². The summed E-state index contributed by atoms with van der Waals surface area (Å²) in [7, 11) is 1.89. The van der Waals surface area contributed by atoms with E-state index < -0.39 is 0 Å². The third kappa shape index (κ3) is 3.48. The van der Waals surface area contributed by atoms with Crippen molar-refractivity contribution in [2.45, 2.75) is 13.3 Å². The molecule has 0 fully saturated rings. The van der Waals surface area contributed by atoms with E-state index in [1.54, 1.807) is 0 Å². The second kappa shape index (κ2) is 5.28. The molecular formula is C13H17N. The Morgan fingerprint density at radius 2 is 2.29 bits per heavy atom. The van der Waals surface area contributed by atoms with E-state index in [9.17, 15) is 0 Å². The fourth-order valence-electron chi connectivity index (χ4n) is 1.34. The van der Waals surface area contributed by atoms with Crippen molar-refractivity contribution in [2.24, 2.45) is 0 Å². The Morgan fingerprint density at radius 3 is 2.93 bits per heavy atom. The van der Waals surface area contributed by atoms with Gasteiger partial charge in [-0.05, 0) is 36.8 Å². The molecule has 1 rings (SSSR count). The third-order valence-electron chi connectivity index (χ3n) is 2.00. The number of benzene rings is 1. The van der Waals surface area contributed by atoms with Gasteiger partial charge in [0.1, 0.15) is 0 Å². The molecule has 0 bridgehead atoms. The smallest absolute Gasteiger partial charge is 0.00277 e. The van der Waals surface area contributed by atoms with E-state index >= 15 is 0 Å². The first-order valence-electron chi connectivity index (χ1n) is 4.79. The molecule has 1 aromatic rings. The molecule has 0 radical (unpaired) electrons. The molecule has 0 heterocycles. The lowest BCUT2D eigenvalue weighted by Crippen LogP contribution is -1.93. The standard InChI is InChI=1S/C13H17N/c1-11-5-4-6-13(9-11)10-12(2)7-8-14-3/h4-9,14H,2,10H2,1,3H3/b8-7+. The molecule has 0 saturated carbocycles. The molecule has 1 N–H and O–H groups in total. The summed E-state index contributed by atoms with van der Waals surface area (Å²) in [5.74, 6) is 0. The van der Waals surface area contributed by atoms with Crippen LogP contribution in [-0.2, 0) is 6.42 Å². The summed E-state index contributed by atoms with van der Waals surface area (Å²) in [6, 6.07) is 8.51. The van der Waals surface area contributed by atoms with Gasteiger partial charge in [0, 0.05) is 7.05 Å². The molecule has 0 aromatic heterocycles. The van der Waals surface area contributed by atoms with Gasteiger partial charge in [0.05, 0.1) is 0 Å². The molecule has 0 aliphatic rings. The van der Waals surface area contributed by atoms with Crippen LogP contribution in [0.1, 0.15) is 11.1 Å². The van der Waals surface area contributed by atoms with Crippen molar-refractivity contribution >= 4 is 0 Å². The summed E-state index contributed by atoms with van der Waals surface area (Å²) >= 11 is 0. The van der Waals surface area contributed by atoms with E-state index in [0.29, 0.717) is 0 Å². The lowest BCUT2D eigenvalue weighted by Gasteiger charge is -2.02. The Labute approximate surface area is 86.2 Å². The fraction of sp³-hybridized carbons (Fsp3) is 0.231. The van der Waals surface area contributed by atoms with Crippen molar-refractivity contribution in [2.75, 3.05) is 7.05 Å². The zero-order valence-corrected chi connectivity index (χ0v) is 8.88. The van der Waals surface area contributed by atoms with E-state index in [2.05, 4.69) is 43.1 Å². The molecule has 0 atom stereocenters. The number of hydrogen-bond acceptors (Lipinski definition) is 1. The second-order valence-electron chi connectivity index (χ2n) is 3.45. The predicted octanol–water partition coefficient (Wildman–Crippen LogP) is 2.83. The maximum absolute atomic E-state index is 3.99. The van der Waals surface area contributed by atoms with Crippen LogP contribution in [0.2, 0.25) is 0 Å². The van der Waals surface area contributed by atoms with Crippen LogP contribution < -0.4 is 5.32 Å². The maximum atomic E-state index is 3.99. The molecule has 0 aliphatic carbocycles. The van der Waals surface area contributed by atoms with Crippen molar-refractivity contribution in [3.05, 3.63) is 59.8 Å². The Bertz CT molecular complexity index is 337. The Hall–Kier alpha value is -1.50.